The van der Waals surface area contributed by atoms with Crippen molar-refractivity contribution in [3.63, 3.8) is 0 Å². The van der Waals surface area contributed by atoms with Gasteiger partial charge < -0.3 is 0 Å². The minimum Gasteiger partial charge on any atom is -0.136 e. The summed E-state index contributed by atoms with van der Waals surface area (Å²) in [5.41, 5.74) is 0. The highest BCUT2D eigenvalue weighted by Crippen LogP contribution is 2.73. The van der Waals surface area contributed by atoms with E-state index < -0.39 is 27.4 Å². The highest BCUT2D eigenvalue weighted by molar-refractivity contribution is 9.31. The van der Waals surface area contributed by atoms with Crippen LogP contribution < -0.4 is 0 Å². The fourth-order valence-electron chi connectivity index (χ4n) is 9.71. The summed E-state index contributed by atoms with van der Waals surface area (Å²) in [6.07, 6.45) is 0. The van der Waals surface area contributed by atoms with Crippen LogP contribution in [0, 0.1) is 0 Å². The maximum Gasteiger partial charge on any atom is 0.294 e. The van der Waals surface area contributed by atoms with E-state index in [0.717, 1.165) is 0 Å². The van der Waals surface area contributed by atoms with Gasteiger partial charge in [0.2, 0.25) is 0 Å². The Labute approximate surface area is 218 Å². The van der Waals surface area contributed by atoms with Crippen molar-refractivity contribution in [2.24, 2.45) is 0 Å². The summed E-state index contributed by atoms with van der Waals surface area (Å²) in [6, 6.07) is 0. The molecule has 0 atom stereocenters. The molecule has 0 aliphatic carbocycles. The third-order valence-corrected chi connectivity index (χ3v) is 82.6. The molecular formula is C24H54BrCl2Si4. The summed E-state index contributed by atoms with van der Waals surface area (Å²) >= 11 is 19.4. The minimum absolute atomic E-state index is 0.174. The van der Waals surface area contributed by atoms with E-state index >= 15 is 0 Å². The van der Waals surface area contributed by atoms with Crippen LogP contribution in [0.3, 0.4) is 0 Å². The van der Waals surface area contributed by atoms with Crippen LogP contribution in [-0.4, -0.2) is 27.4 Å². The van der Waals surface area contributed by atoms with Crippen LogP contribution in [0.15, 0.2) is 0 Å². The molecule has 0 amide bonds. The van der Waals surface area contributed by atoms with Gasteiger partial charge in [-0.05, 0) is 30.2 Å². The van der Waals surface area contributed by atoms with Crippen molar-refractivity contribution in [2.75, 3.05) is 0 Å². The lowest BCUT2D eigenvalue weighted by atomic mass is 10.2. The van der Waals surface area contributed by atoms with Gasteiger partial charge in [0.25, 0.3) is 4.83 Å². The first-order valence-electron chi connectivity index (χ1n) is 11.8. The second kappa shape index (κ2) is 8.79. The maximum absolute atomic E-state index is 7.64. The number of hydrogen-bond acceptors (Lipinski definition) is 0. The molecule has 187 valence electrons. The van der Waals surface area contributed by atoms with Crippen molar-refractivity contribution in [1.29, 1.82) is 0 Å². The summed E-state index contributed by atoms with van der Waals surface area (Å²) < 4.78 is 0. The molecule has 0 aliphatic heterocycles. The van der Waals surface area contributed by atoms with Crippen LogP contribution in [0.5, 0.6) is 0 Å². The molecule has 0 saturated heterocycles. The maximum atomic E-state index is 7.64. The van der Waals surface area contributed by atoms with Gasteiger partial charge >= 0.3 is 0 Å². The van der Waals surface area contributed by atoms with Gasteiger partial charge in [0.05, 0.1) is 22.5 Å². The highest BCUT2D eigenvalue weighted by atomic mass is 79.9. The van der Waals surface area contributed by atoms with Crippen LogP contribution in [0.1, 0.15) is 125 Å². The molecule has 0 fully saturated rings. The molecule has 31 heavy (non-hydrogen) atoms. The number of halogens is 3. The lowest BCUT2D eigenvalue weighted by Gasteiger charge is -2.73. The number of rotatable bonds is 3. The van der Waals surface area contributed by atoms with Crippen LogP contribution in [0.4, 0.5) is 0 Å². The zero-order valence-electron chi connectivity index (χ0n) is 24.1. The molecule has 7 heteroatoms. The molecule has 0 aromatic heterocycles. The summed E-state index contributed by atoms with van der Waals surface area (Å²) in [5.74, 6) is 0. The predicted octanol–water partition coefficient (Wildman–Crippen LogP) is 11.2. The van der Waals surface area contributed by atoms with Crippen molar-refractivity contribution in [3.05, 3.63) is 0 Å². The first kappa shape index (κ1) is 32.9. The molecule has 0 bridgehead atoms. The zero-order chi connectivity index (χ0) is 26.1. The van der Waals surface area contributed by atoms with E-state index in [-0.39, 0.29) is 30.2 Å². The predicted molar refractivity (Wildman–Crippen MR) is 162 cm³/mol. The molecule has 0 N–H and O–H groups in total. The molecule has 0 heterocycles. The van der Waals surface area contributed by atoms with E-state index in [0.29, 0.717) is 0 Å². The Hall–Kier alpha value is 1.93. The van der Waals surface area contributed by atoms with Gasteiger partial charge in [-0.3, -0.25) is 0 Å². The van der Waals surface area contributed by atoms with E-state index in [1.165, 1.54) is 0 Å². The zero-order valence-corrected chi connectivity index (χ0v) is 31.2. The molecule has 1 radical (unpaired) electrons. The fraction of sp³-hybridized carbons (Fsp3) is 1.00. The minimum atomic E-state index is -2.73. The number of hydrogen-bond donors (Lipinski definition) is 0. The van der Waals surface area contributed by atoms with Crippen molar-refractivity contribution in [3.8, 4) is 0 Å². The van der Waals surface area contributed by atoms with E-state index in [4.69, 9.17) is 22.2 Å². The van der Waals surface area contributed by atoms with E-state index in [1.54, 1.807) is 0 Å². The van der Waals surface area contributed by atoms with E-state index in [1.807, 2.05) is 0 Å². The van der Waals surface area contributed by atoms with Crippen molar-refractivity contribution in [1.82, 2.24) is 0 Å². The van der Waals surface area contributed by atoms with E-state index in [9.17, 15) is 0 Å². The molecule has 0 rings (SSSR count). The van der Waals surface area contributed by atoms with Gasteiger partial charge in [-0.1, -0.05) is 140 Å². The summed E-state index contributed by atoms with van der Waals surface area (Å²) in [5, 5.41) is 1.05. The molecule has 0 nitrogen and oxygen atoms in total. The Balaban J connectivity index is 8.55. The molecule has 0 spiro atoms. The van der Waals surface area contributed by atoms with Gasteiger partial charge in [-0.25, -0.2) is 0 Å². The summed E-state index contributed by atoms with van der Waals surface area (Å²) in [4.78, 5) is -2.73. The lowest BCUT2D eigenvalue weighted by Crippen LogP contribution is -2.87. The van der Waals surface area contributed by atoms with Gasteiger partial charge in [0.15, 0.2) is 0 Å². The standard InChI is InChI=1S/C24H54BrCl2Si4/c1-19(2,3)29(20(4,5)6,21(7,8)9)28(31(25,26)27)30(22(10,11)12,23(13,14)15)24(16,17)18/h1-18H3. The normalized spacial score (nSPS) is 16.8. The van der Waals surface area contributed by atoms with Crippen LogP contribution in [0.2, 0.25) is 30.2 Å². The third kappa shape index (κ3) is 5.23. The van der Waals surface area contributed by atoms with Crippen molar-refractivity contribution < 1.29 is 0 Å². The SMILES string of the molecule is CC(C)(C)[Si]([Si]([Si](Cl)(Cl)Br)[Si](C(C)(C)C)(C(C)(C)C)C(C)(C)C)(C(C)(C)C)C(C)(C)C. The highest BCUT2D eigenvalue weighted by Gasteiger charge is 2.79. The van der Waals surface area contributed by atoms with Gasteiger partial charge in [-0.2, -0.15) is 0 Å². The Morgan fingerprint density at radius 2 is 0.548 bits per heavy atom. The third-order valence-electron chi connectivity index (χ3n) is 7.78. The van der Waals surface area contributed by atoms with Crippen molar-refractivity contribution in [2.45, 2.75) is 155 Å². The second-order valence-corrected chi connectivity index (χ2v) is 59.8. The van der Waals surface area contributed by atoms with Gasteiger partial charge in [-0.15, -0.1) is 22.2 Å². The monoisotopic (exact) mass is 603 g/mol. The Kier molecular flexibility index (Phi) is 9.34. The molecule has 0 aliphatic rings. The molecular weight excluding hydrogens is 551 g/mol. The molecule has 0 saturated carbocycles. The Morgan fingerprint density at radius 1 is 0.419 bits per heavy atom. The topological polar surface area (TPSA) is 0 Å². The first-order valence-corrected chi connectivity index (χ1v) is 26.6. The van der Waals surface area contributed by atoms with Gasteiger partial charge in [0, 0.05) is 0 Å². The first-order chi connectivity index (χ1) is 12.9. The second-order valence-electron chi connectivity index (χ2n) is 15.9. The quantitative estimate of drug-likeness (QED) is 0.222. The molecule has 0 unspecified atom stereocenters. The smallest absolute Gasteiger partial charge is 0.136 e. The summed E-state index contributed by atoms with van der Waals surface area (Å²) in [6.45, 7) is 45.4. The Bertz CT molecular complexity index is 506. The molecule has 0 aromatic carbocycles. The molecule has 0 aromatic rings. The largest absolute Gasteiger partial charge is 0.294 e. The fourth-order valence-corrected chi connectivity index (χ4v) is 131. The van der Waals surface area contributed by atoms with Crippen LogP contribution >= 0.6 is 37.5 Å². The van der Waals surface area contributed by atoms with E-state index in [2.05, 4.69) is 140 Å². The average molecular weight is 606 g/mol. The van der Waals surface area contributed by atoms with Crippen LogP contribution in [0.25, 0.3) is 0 Å². The summed E-state index contributed by atoms with van der Waals surface area (Å²) in [7, 11) is -5.67. The van der Waals surface area contributed by atoms with Gasteiger partial charge in [0.1, 0.15) is 0 Å². The van der Waals surface area contributed by atoms with Crippen molar-refractivity contribution >= 4 is 64.8 Å². The average Bonchev–Trinajstić information content (AvgIpc) is 2.25. The lowest BCUT2D eigenvalue weighted by molar-refractivity contribution is 0.544. The Morgan fingerprint density at radius 3 is 0.613 bits per heavy atom. The van der Waals surface area contributed by atoms with Crippen LogP contribution in [-0.2, 0) is 0 Å².